The van der Waals surface area contributed by atoms with Crippen molar-refractivity contribution in [3.05, 3.63) is 52.5 Å². The number of amides is 1. The normalized spacial score (nSPS) is 10.2. The number of carbonyl (C=O) groups excluding carboxylic acids is 1. The molecule has 0 spiro atoms. The Kier molecular flexibility index (Phi) is 4.29. The Hall–Kier alpha value is -2.01. The Labute approximate surface area is 126 Å². The van der Waals surface area contributed by atoms with E-state index in [4.69, 9.17) is 5.73 Å². The van der Waals surface area contributed by atoms with Gasteiger partial charge in [-0.3, -0.25) is 4.79 Å². The second-order valence-electron chi connectivity index (χ2n) is 4.63. The molecule has 2 aromatic carbocycles. The van der Waals surface area contributed by atoms with Gasteiger partial charge in [0.15, 0.2) is 0 Å². The first-order valence-corrected chi connectivity index (χ1v) is 6.90. The predicted molar refractivity (Wildman–Crippen MR) is 86.3 cm³/mol. The first kappa shape index (κ1) is 14.4. The van der Waals surface area contributed by atoms with Gasteiger partial charge in [-0.25, -0.2) is 0 Å². The van der Waals surface area contributed by atoms with Crippen LogP contribution >= 0.6 is 15.9 Å². The summed E-state index contributed by atoms with van der Waals surface area (Å²) >= 11 is 3.39. The molecule has 4 nitrogen and oxygen atoms in total. The van der Waals surface area contributed by atoms with Crippen LogP contribution in [0.4, 0.5) is 17.1 Å². The molecule has 0 radical (unpaired) electrons. The van der Waals surface area contributed by atoms with E-state index in [2.05, 4.69) is 21.2 Å². The van der Waals surface area contributed by atoms with Crippen LogP contribution in [-0.4, -0.2) is 24.9 Å². The van der Waals surface area contributed by atoms with E-state index in [9.17, 15) is 4.79 Å². The van der Waals surface area contributed by atoms with Gasteiger partial charge in [0.05, 0.1) is 11.4 Å². The van der Waals surface area contributed by atoms with Crippen LogP contribution in [0.25, 0.3) is 0 Å². The van der Waals surface area contributed by atoms with Crippen molar-refractivity contribution in [1.29, 1.82) is 0 Å². The van der Waals surface area contributed by atoms with E-state index >= 15 is 0 Å². The number of nitrogens with two attached hydrogens (primary N) is 1. The fourth-order valence-electron chi connectivity index (χ4n) is 1.76. The number of nitrogens with one attached hydrogen (secondary N) is 1. The molecular weight excluding hydrogens is 318 g/mol. The van der Waals surface area contributed by atoms with Crippen molar-refractivity contribution in [3.8, 4) is 0 Å². The van der Waals surface area contributed by atoms with Crippen molar-refractivity contribution in [1.82, 2.24) is 4.90 Å². The van der Waals surface area contributed by atoms with Gasteiger partial charge in [0.1, 0.15) is 0 Å². The van der Waals surface area contributed by atoms with Gasteiger partial charge in [0, 0.05) is 29.8 Å². The Morgan fingerprint density at radius 1 is 1.15 bits per heavy atom. The van der Waals surface area contributed by atoms with Crippen LogP contribution in [0.2, 0.25) is 0 Å². The summed E-state index contributed by atoms with van der Waals surface area (Å²) < 4.78 is 1.02. The summed E-state index contributed by atoms with van der Waals surface area (Å²) in [5.41, 5.74) is 8.83. The van der Waals surface area contributed by atoms with Gasteiger partial charge in [-0.1, -0.05) is 15.9 Å². The molecule has 0 saturated carbocycles. The molecule has 2 rings (SSSR count). The first-order chi connectivity index (χ1) is 9.47. The van der Waals surface area contributed by atoms with E-state index < -0.39 is 0 Å². The number of hydrogen-bond donors (Lipinski definition) is 2. The van der Waals surface area contributed by atoms with Crippen LogP contribution in [0.3, 0.4) is 0 Å². The number of anilines is 3. The molecule has 0 saturated heterocycles. The van der Waals surface area contributed by atoms with Crippen molar-refractivity contribution in [2.75, 3.05) is 25.1 Å². The average molecular weight is 334 g/mol. The molecule has 0 heterocycles. The Bertz CT molecular complexity index is 624. The second-order valence-corrected chi connectivity index (χ2v) is 5.55. The lowest BCUT2D eigenvalue weighted by molar-refractivity contribution is 0.0827. The molecule has 3 N–H and O–H groups in total. The molecule has 0 atom stereocenters. The molecular formula is C15H16BrN3O. The number of hydrogen-bond acceptors (Lipinski definition) is 3. The lowest BCUT2D eigenvalue weighted by Gasteiger charge is -2.13. The highest BCUT2D eigenvalue weighted by molar-refractivity contribution is 9.10. The zero-order chi connectivity index (χ0) is 14.7. The van der Waals surface area contributed by atoms with Crippen molar-refractivity contribution in [3.63, 3.8) is 0 Å². The van der Waals surface area contributed by atoms with E-state index in [1.165, 1.54) is 4.90 Å². The first-order valence-electron chi connectivity index (χ1n) is 6.11. The molecule has 0 aliphatic carbocycles. The highest BCUT2D eigenvalue weighted by atomic mass is 79.9. The van der Waals surface area contributed by atoms with E-state index in [-0.39, 0.29) is 5.91 Å². The summed E-state index contributed by atoms with van der Waals surface area (Å²) in [6, 6.07) is 13.0. The molecule has 0 unspecified atom stereocenters. The summed E-state index contributed by atoms with van der Waals surface area (Å²) in [6.07, 6.45) is 0. The topological polar surface area (TPSA) is 58.4 Å². The third-order valence-corrected chi connectivity index (χ3v) is 3.36. The van der Waals surface area contributed by atoms with Gasteiger partial charge in [-0.2, -0.15) is 0 Å². The highest BCUT2D eigenvalue weighted by Gasteiger charge is 2.10. The SMILES string of the molecule is CN(C)C(=O)c1ccc(Nc2ccc(Br)cc2)c(N)c1. The number of halogens is 1. The summed E-state index contributed by atoms with van der Waals surface area (Å²) in [7, 11) is 3.43. The summed E-state index contributed by atoms with van der Waals surface area (Å²) in [6.45, 7) is 0. The number of nitrogen functional groups attached to an aromatic ring is 1. The third-order valence-electron chi connectivity index (χ3n) is 2.83. The fourth-order valence-corrected chi connectivity index (χ4v) is 2.02. The molecule has 0 fully saturated rings. The van der Waals surface area contributed by atoms with E-state index in [1.54, 1.807) is 26.2 Å². The Morgan fingerprint density at radius 2 is 1.80 bits per heavy atom. The summed E-state index contributed by atoms with van der Waals surface area (Å²) in [5.74, 6) is -0.0631. The Morgan fingerprint density at radius 3 is 2.35 bits per heavy atom. The van der Waals surface area contributed by atoms with Crippen molar-refractivity contribution >= 4 is 38.9 Å². The highest BCUT2D eigenvalue weighted by Crippen LogP contribution is 2.25. The summed E-state index contributed by atoms with van der Waals surface area (Å²) in [5, 5.41) is 3.22. The van der Waals surface area contributed by atoms with Crippen LogP contribution in [0.1, 0.15) is 10.4 Å². The number of carbonyl (C=O) groups is 1. The van der Waals surface area contributed by atoms with Gasteiger partial charge in [0.25, 0.3) is 5.91 Å². The molecule has 0 bridgehead atoms. The van der Waals surface area contributed by atoms with E-state index in [0.29, 0.717) is 11.3 Å². The third kappa shape index (κ3) is 3.30. The average Bonchev–Trinajstić information content (AvgIpc) is 2.42. The van der Waals surface area contributed by atoms with Crippen molar-refractivity contribution < 1.29 is 4.79 Å². The van der Waals surface area contributed by atoms with Gasteiger partial charge in [0.2, 0.25) is 0 Å². The number of rotatable bonds is 3. The van der Waals surface area contributed by atoms with Crippen LogP contribution in [0.15, 0.2) is 46.9 Å². The van der Waals surface area contributed by atoms with Crippen LogP contribution in [0, 0.1) is 0 Å². The fraction of sp³-hybridized carbons (Fsp3) is 0.133. The predicted octanol–water partition coefficient (Wildman–Crippen LogP) is 3.48. The molecule has 1 amide bonds. The van der Waals surface area contributed by atoms with Gasteiger partial charge in [-0.05, 0) is 42.5 Å². The van der Waals surface area contributed by atoms with Gasteiger partial charge < -0.3 is 16.0 Å². The minimum Gasteiger partial charge on any atom is -0.397 e. The molecule has 0 aliphatic heterocycles. The number of nitrogens with zero attached hydrogens (tertiary/aromatic N) is 1. The quantitative estimate of drug-likeness (QED) is 0.845. The minimum absolute atomic E-state index is 0.0631. The lowest BCUT2D eigenvalue weighted by Crippen LogP contribution is -2.21. The zero-order valence-electron chi connectivity index (χ0n) is 11.4. The lowest BCUT2D eigenvalue weighted by atomic mass is 10.1. The van der Waals surface area contributed by atoms with Crippen LogP contribution < -0.4 is 11.1 Å². The van der Waals surface area contributed by atoms with E-state index in [0.717, 1.165) is 15.8 Å². The summed E-state index contributed by atoms with van der Waals surface area (Å²) in [4.78, 5) is 13.4. The molecule has 2 aromatic rings. The van der Waals surface area contributed by atoms with E-state index in [1.807, 2.05) is 30.3 Å². The molecule has 104 valence electrons. The molecule has 0 aromatic heterocycles. The smallest absolute Gasteiger partial charge is 0.253 e. The monoisotopic (exact) mass is 333 g/mol. The second kappa shape index (κ2) is 5.96. The number of benzene rings is 2. The van der Waals surface area contributed by atoms with Crippen molar-refractivity contribution in [2.45, 2.75) is 0 Å². The molecule has 20 heavy (non-hydrogen) atoms. The maximum Gasteiger partial charge on any atom is 0.253 e. The molecule has 5 heteroatoms. The van der Waals surface area contributed by atoms with Crippen LogP contribution in [0.5, 0.6) is 0 Å². The Balaban J connectivity index is 2.22. The largest absolute Gasteiger partial charge is 0.397 e. The van der Waals surface area contributed by atoms with Gasteiger partial charge >= 0.3 is 0 Å². The zero-order valence-corrected chi connectivity index (χ0v) is 12.9. The maximum atomic E-state index is 11.8. The molecule has 0 aliphatic rings. The van der Waals surface area contributed by atoms with Gasteiger partial charge in [-0.15, -0.1) is 0 Å². The van der Waals surface area contributed by atoms with Crippen molar-refractivity contribution in [2.24, 2.45) is 0 Å². The maximum absolute atomic E-state index is 11.8. The van der Waals surface area contributed by atoms with Crippen LogP contribution in [-0.2, 0) is 0 Å². The minimum atomic E-state index is -0.0631. The standard InChI is InChI=1S/C15H16BrN3O/c1-19(2)15(20)10-3-8-14(13(17)9-10)18-12-6-4-11(16)5-7-12/h3-9,18H,17H2,1-2H3.